The van der Waals surface area contributed by atoms with Crippen LogP contribution in [-0.2, 0) is 4.79 Å². The second kappa shape index (κ2) is 4.37. The SMILES string of the molecule is C[C@@H]1CC23CCC4C(C)(C)CCC(O)C4(C)C2CC(=O)C1C3. The van der Waals surface area contributed by atoms with E-state index >= 15 is 0 Å². The van der Waals surface area contributed by atoms with Crippen LogP contribution in [0.25, 0.3) is 0 Å². The van der Waals surface area contributed by atoms with Gasteiger partial charge >= 0.3 is 0 Å². The van der Waals surface area contributed by atoms with Crippen molar-refractivity contribution < 1.29 is 9.90 Å². The minimum atomic E-state index is -0.215. The molecule has 2 nitrogen and oxygen atoms in total. The molecule has 4 saturated carbocycles. The second-order valence-electron chi connectivity index (χ2n) is 10.1. The average molecular weight is 304 g/mol. The number of carbonyl (C=O) groups excluding carboxylic acids is 1. The molecule has 4 fully saturated rings. The molecule has 0 heterocycles. The van der Waals surface area contributed by atoms with Gasteiger partial charge in [0.2, 0.25) is 0 Å². The predicted octanol–water partition coefficient (Wildman–Crippen LogP) is 4.21. The van der Waals surface area contributed by atoms with E-state index in [2.05, 4.69) is 27.7 Å². The molecule has 4 aliphatic rings. The topological polar surface area (TPSA) is 37.3 Å². The van der Waals surface area contributed by atoms with Gasteiger partial charge in [0, 0.05) is 17.8 Å². The first-order chi connectivity index (χ1) is 10.2. The summed E-state index contributed by atoms with van der Waals surface area (Å²) < 4.78 is 0. The van der Waals surface area contributed by atoms with Crippen LogP contribution >= 0.6 is 0 Å². The molecule has 2 heteroatoms. The van der Waals surface area contributed by atoms with Crippen molar-refractivity contribution >= 4 is 5.78 Å². The molecule has 22 heavy (non-hydrogen) atoms. The van der Waals surface area contributed by atoms with E-state index in [1.54, 1.807) is 0 Å². The van der Waals surface area contributed by atoms with Gasteiger partial charge in [0.05, 0.1) is 6.10 Å². The summed E-state index contributed by atoms with van der Waals surface area (Å²) >= 11 is 0. The van der Waals surface area contributed by atoms with Gasteiger partial charge in [-0.2, -0.15) is 0 Å². The van der Waals surface area contributed by atoms with Crippen molar-refractivity contribution in [2.45, 2.75) is 78.7 Å². The van der Waals surface area contributed by atoms with Gasteiger partial charge in [0.15, 0.2) is 0 Å². The van der Waals surface area contributed by atoms with Crippen molar-refractivity contribution in [1.29, 1.82) is 0 Å². The van der Waals surface area contributed by atoms with Crippen LogP contribution in [0.4, 0.5) is 0 Å². The lowest BCUT2D eigenvalue weighted by atomic mass is 9.40. The molecule has 0 saturated heterocycles. The van der Waals surface area contributed by atoms with E-state index in [-0.39, 0.29) is 11.5 Å². The summed E-state index contributed by atoms with van der Waals surface area (Å²) in [6.45, 7) is 9.41. The summed E-state index contributed by atoms with van der Waals surface area (Å²) in [5, 5.41) is 11.0. The Morgan fingerprint density at radius 1 is 1.05 bits per heavy atom. The molecule has 2 bridgehead atoms. The molecule has 1 spiro atoms. The molecule has 4 aliphatic carbocycles. The Labute approximate surface area is 135 Å². The van der Waals surface area contributed by atoms with Crippen molar-refractivity contribution in [2.24, 2.45) is 39.9 Å². The predicted molar refractivity (Wildman–Crippen MR) is 87.3 cm³/mol. The van der Waals surface area contributed by atoms with Gasteiger partial charge in [-0.3, -0.25) is 4.79 Å². The molecule has 124 valence electrons. The van der Waals surface area contributed by atoms with Crippen LogP contribution in [0.2, 0.25) is 0 Å². The Morgan fingerprint density at radius 3 is 2.50 bits per heavy atom. The zero-order valence-corrected chi connectivity index (χ0v) is 14.7. The third-order valence-corrected chi connectivity index (χ3v) is 8.76. The van der Waals surface area contributed by atoms with Crippen molar-refractivity contribution in [3.8, 4) is 0 Å². The highest BCUT2D eigenvalue weighted by Crippen LogP contribution is 2.71. The van der Waals surface area contributed by atoms with Crippen LogP contribution < -0.4 is 0 Å². The number of ketones is 1. The van der Waals surface area contributed by atoms with Gasteiger partial charge < -0.3 is 5.11 Å². The van der Waals surface area contributed by atoms with Crippen LogP contribution in [-0.4, -0.2) is 17.0 Å². The lowest BCUT2D eigenvalue weighted by molar-refractivity contribution is -0.199. The van der Waals surface area contributed by atoms with Crippen LogP contribution in [0.5, 0.6) is 0 Å². The zero-order chi connectivity index (χ0) is 15.9. The molecule has 6 unspecified atom stereocenters. The average Bonchev–Trinajstić information content (AvgIpc) is 2.72. The number of hydrogen-bond donors (Lipinski definition) is 1. The highest BCUT2D eigenvalue weighted by molar-refractivity contribution is 5.83. The maximum atomic E-state index is 12.7. The number of fused-ring (bicyclic) bond motifs is 3. The van der Waals surface area contributed by atoms with Gasteiger partial charge in [-0.1, -0.05) is 27.7 Å². The van der Waals surface area contributed by atoms with Gasteiger partial charge in [0.1, 0.15) is 5.78 Å². The number of aliphatic hydroxyl groups excluding tert-OH is 1. The van der Waals surface area contributed by atoms with Crippen LogP contribution in [0, 0.1) is 39.9 Å². The minimum Gasteiger partial charge on any atom is -0.393 e. The van der Waals surface area contributed by atoms with Gasteiger partial charge in [-0.15, -0.1) is 0 Å². The van der Waals surface area contributed by atoms with Crippen molar-refractivity contribution in [2.75, 3.05) is 0 Å². The molecule has 0 radical (unpaired) electrons. The Balaban J connectivity index is 1.80. The van der Waals surface area contributed by atoms with Gasteiger partial charge in [-0.05, 0) is 67.1 Å². The Kier molecular flexibility index (Phi) is 3.02. The third-order valence-electron chi connectivity index (χ3n) is 8.76. The quantitative estimate of drug-likeness (QED) is 0.728. The molecule has 7 atom stereocenters. The van der Waals surface area contributed by atoms with Crippen LogP contribution in [0.3, 0.4) is 0 Å². The highest BCUT2D eigenvalue weighted by Gasteiger charge is 2.67. The first kappa shape index (κ1) is 15.2. The number of aliphatic hydroxyl groups is 1. The normalized spacial score (nSPS) is 56.4. The fourth-order valence-corrected chi connectivity index (χ4v) is 7.73. The number of rotatable bonds is 0. The maximum Gasteiger partial charge on any atom is 0.136 e. The van der Waals surface area contributed by atoms with Gasteiger partial charge in [-0.25, -0.2) is 0 Å². The lowest BCUT2D eigenvalue weighted by Gasteiger charge is -2.65. The van der Waals surface area contributed by atoms with E-state index in [1.165, 1.54) is 19.3 Å². The Bertz CT molecular complexity index is 510. The van der Waals surface area contributed by atoms with Crippen LogP contribution in [0.15, 0.2) is 0 Å². The van der Waals surface area contributed by atoms with E-state index in [0.717, 1.165) is 25.7 Å². The second-order valence-corrected chi connectivity index (χ2v) is 10.1. The van der Waals surface area contributed by atoms with Crippen molar-refractivity contribution in [3.63, 3.8) is 0 Å². The summed E-state index contributed by atoms with van der Waals surface area (Å²) in [5.41, 5.74) is 0.613. The summed E-state index contributed by atoms with van der Waals surface area (Å²) in [6.07, 6.45) is 7.47. The van der Waals surface area contributed by atoms with E-state index in [9.17, 15) is 9.90 Å². The first-order valence-electron chi connectivity index (χ1n) is 9.41. The summed E-state index contributed by atoms with van der Waals surface area (Å²) in [6, 6.07) is 0. The fraction of sp³-hybridized carbons (Fsp3) is 0.950. The smallest absolute Gasteiger partial charge is 0.136 e. The monoisotopic (exact) mass is 304 g/mol. The summed E-state index contributed by atoms with van der Waals surface area (Å²) in [5.74, 6) is 2.38. The lowest BCUT2D eigenvalue weighted by Crippen LogP contribution is -2.62. The number of hydrogen-bond acceptors (Lipinski definition) is 2. The zero-order valence-electron chi connectivity index (χ0n) is 14.7. The molecular formula is C20H32O2. The molecule has 1 N–H and O–H groups in total. The van der Waals surface area contributed by atoms with E-state index < -0.39 is 0 Å². The van der Waals surface area contributed by atoms with E-state index in [4.69, 9.17) is 0 Å². The standard InChI is InChI=1S/C20H32O2/c1-12-10-20-8-5-15-18(2,3)7-6-17(22)19(15,4)16(20)9-14(21)13(12)11-20/h12-13,15-17,22H,5-11H2,1-4H3/t12-,13?,15?,16?,17?,19?,20?/m1/s1. The maximum absolute atomic E-state index is 12.7. The third kappa shape index (κ3) is 1.68. The highest BCUT2D eigenvalue weighted by atomic mass is 16.3. The molecule has 0 amide bonds. The molecule has 0 aromatic carbocycles. The van der Waals surface area contributed by atoms with Crippen molar-refractivity contribution in [3.05, 3.63) is 0 Å². The Morgan fingerprint density at radius 2 is 1.77 bits per heavy atom. The van der Waals surface area contributed by atoms with Crippen LogP contribution in [0.1, 0.15) is 72.6 Å². The van der Waals surface area contributed by atoms with E-state index in [0.29, 0.717) is 40.3 Å². The largest absolute Gasteiger partial charge is 0.393 e. The Hall–Kier alpha value is -0.370. The molecule has 4 rings (SSSR count). The fourth-order valence-electron chi connectivity index (χ4n) is 7.73. The first-order valence-corrected chi connectivity index (χ1v) is 9.41. The summed E-state index contributed by atoms with van der Waals surface area (Å²) in [7, 11) is 0. The van der Waals surface area contributed by atoms with E-state index in [1.807, 2.05) is 0 Å². The molecule has 0 aromatic rings. The molecule has 0 aliphatic heterocycles. The molecular weight excluding hydrogens is 272 g/mol. The number of carbonyl (C=O) groups is 1. The summed E-state index contributed by atoms with van der Waals surface area (Å²) in [4.78, 5) is 12.7. The molecule has 0 aromatic heterocycles. The van der Waals surface area contributed by atoms with Gasteiger partial charge in [0.25, 0.3) is 0 Å². The minimum absolute atomic E-state index is 0.0509. The van der Waals surface area contributed by atoms with Crippen molar-refractivity contribution in [1.82, 2.24) is 0 Å². The number of Topliss-reactive ketones (excluding diaryl/α,β-unsaturated/α-hetero) is 1.